The van der Waals surface area contributed by atoms with Gasteiger partial charge in [0.25, 0.3) is 11.6 Å². The number of carbonyl (C=O) groups excluding carboxylic acids is 1. The van der Waals surface area contributed by atoms with Gasteiger partial charge in [0.1, 0.15) is 6.61 Å². The van der Waals surface area contributed by atoms with Crippen LogP contribution in [0.1, 0.15) is 22.3 Å². The number of rotatable bonds is 10. The van der Waals surface area contributed by atoms with E-state index in [0.717, 1.165) is 0 Å². The van der Waals surface area contributed by atoms with Crippen molar-refractivity contribution in [3.63, 3.8) is 0 Å². The lowest BCUT2D eigenvalue weighted by atomic mass is 9.85. The first-order chi connectivity index (χ1) is 18.8. The Hall–Kier alpha value is -4.54. The Morgan fingerprint density at radius 2 is 1.64 bits per heavy atom. The van der Waals surface area contributed by atoms with E-state index in [4.69, 9.17) is 9.47 Å². The molecule has 0 radical (unpaired) electrons. The number of hydrazone groups is 1. The number of nitrogens with one attached hydrogen (secondary N) is 1. The van der Waals surface area contributed by atoms with Crippen molar-refractivity contribution in [1.29, 1.82) is 0 Å². The molecule has 1 amide bonds. The number of non-ortho nitro benzene ring substituents is 1. The van der Waals surface area contributed by atoms with E-state index in [1.54, 1.807) is 84.9 Å². The van der Waals surface area contributed by atoms with Gasteiger partial charge in [0.05, 0.1) is 18.2 Å². The zero-order valence-electron chi connectivity index (χ0n) is 20.8. The van der Waals surface area contributed by atoms with Crippen LogP contribution in [0.3, 0.4) is 0 Å². The van der Waals surface area contributed by atoms with Crippen LogP contribution in [0.4, 0.5) is 5.69 Å². The molecule has 9 nitrogen and oxygen atoms in total. The summed E-state index contributed by atoms with van der Waals surface area (Å²) >= 11 is 3.47. The lowest BCUT2D eigenvalue weighted by Gasteiger charge is -2.27. The zero-order valence-corrected chi connectivity index (χ0v) is 22.4. The van der Waals surface area contributed by atoms with Crippen LogP contribution in [0, 0.1) is 10.1 Å². The Morgan fingerprint density at radius 1 is 1.00 bits per heavy atom. The highest BCUT2D eigenvalue weighted by molar-refractivity contribution is 9.10. The third-order valence-corrected chi connectivity index (χ3v) is 6.57. The molecule has 0 heterocycles. The van der Waals surface area contributed by atoms with Gasteiger partial charge in [-0.15, -0.1) is 0 Å². The summed E-state index contributed by atoms with van der Waals surface area (Å²) in [4.78, 5) is 23.8. The van der Waals surface area contributed by atoms with Crippen molar-refractivity contribution in [3.8, 4) is 11.5 Å². The molecule has 0 aliphatic carbocycles. The van der Waals surface area contributed by atoms with Gasteiger partial charge in [-0.05, 0) is 44.8 Å². The standard InChI is InChI=1S/C29H24BrN3O6/c1-38-26-16-21(25(30)17-27(26)39-19-20-9-8-14-24(15-20)33(36)37)18-31-32-28(34)29(35,22-10-4-2-5-11-22)23-12-6-3-7-13-23/h2-18,35H,19H2,1H3,(H,32,34)/b31-18-. The van der Waals surface area contributed by atoms with Gasteiger partial charge in [-0.1, -0.05) is 72.8 Å². The van der Waals surface area contributed by atoms with Gasteiger partial charge >= 0.3 is 0 Å². The first kappa shape index (κ1) is 27.5. The van der Waals surface area contributed by atoms with E-state index in [9.17, 15) is 20.0 Å². The van der Waals surface area contributed by atoms with Gasteiger partial charge in [-0.25, -0.2) is 5.43 Å². The predicted octanol–water partition coefficient (Wildman–Crippen LogP) is 5.33. The molecule has 10 heteroatoms. The van der Waals surface area contributed by atoms with E-state index in [1.807, 2.05) is 0 Å². The molecule has 0 unspecified atom stereocenters. The predicted molar refractivity (Wildman–Crippen MR) is 150 cm³/mol. The van der Waals surface area contributed by atoms with Gasteiger partial charge in [0, 0.05) is 22.2 Å². The Morgan fingerprint density at radius 3 is 2.23 bits per heavy atom. The molecule has 0 bridgehead atoms. The van der Waals surface area contributed by atoms with E-state index in [2.05, 4.69) is 26.5 Å². The van der Waals surface area contributed by atoms with Crippen LogP contribution in [0.5, 0.6) is 11.5 Å². The van der Waals surface area contributed by atoms with Crippen LogP contribution in [-0.2, 0) is 17.0 Å². The van der Waals surface area contributed by atoms with Crippen molar-refractivity contribution in [2.45, 2.75) is 12.2 Å². The second kappa shape index (κ2) is 12.3. The average Bonchev–Trinajstić information content (AvgIpc) is 2.97. The minimum absolute atomic E-state index is 0.0238. The molecule has 0 saturated heterocycles. The van der Waals surface area contributed by atoms with Crippen LogP contribution in [0.25, 0.3) is 0 Å². The molecule has 0 aromatic heterocycles. The van der Waals surface area contributed by atoms with Crippen LogP contribution in [0.15, 0.2) is 107 Å². The Kier molecular flexibility index (Phi) is 8.70. The molecule has 0 fully saturated rings. The molecule has 198 valence electrons. The molecule has 0 saturated carbocycles. The van der Waals surface area contributed by atoms with Crippen molar-refractivity contribution in [3.05, 3.63) is 134 Å². The van der Waals surface area contributed by atoms with Crippen molar-refractivity contribution < 1.29 is 24.3 Å². The number of nitro groups is 1. The summed E-state index contributed by atoms with van der Waals surface area (Å²) in [5.74, 6) is 0.0669. The number of amides is 1. The average molecular weight is 590 g/mol. The summed E-state index contributed by atoms with van der Waals surface area (Å²) in [5.41, 5.74) is 2.45. The fourth-order valence-electron chi connectivity index (χ4n) is 3.87. The summed E-state index contributed by atoms with van der Waals surface area (Å²) in [5, 5.41) is 26.6. The maximum absolute atomic E-state index is 13.2. The van der Waals surface area contributed by atoms with E-state index in [0.29, 0.717) is 38.2 Å². The van der Waals surface area contributed by atoms with Gasteiger partial charge in [-0.3, -0.25) is 14.9 Å². The van der Waals surface area contributed by atoms with Crippen LogP contribution in [0.2, 0.25) is 0 Å². The number of hydrogen-bond acceptors (Lipinski definition) is 7. The van der Waals surface area contributed by atoms with E-state index < -0.39 is 16.4 Å². The maximum Gasteiger partial charge on any atom is 0.281 e. The third kappa shape index (κ3) is 6.31. The lowest BCUT2D eigenvalue weighted by molar-refractivity contribution is -0.384. The molecule has 4 aromatic carbocycles. The van der Waals surface area contributed by atoms with Crippen LogP contribution < -0.4 is 14.9 Å². The number of hydrogen-bond donors (Lipinski definition) is 2. The normalized spacial score (nSPS) is 11.3. The highest BCUT2D eigenvalue weighted by atomic mass is 79.9. The summed E-state index contributed by atoms with van der Waals surface area (Å²) in [7, 11) is 1.48. The van der Waals surface area contributed by atoms with E-state index in [1.165, 1.54) is 25.5 Å². The van der Waals surface area contributed by atoms with Crippen molar-refractivity contribution in [2.24, 2.45) is 5.10 Å². The van der Waals surface area contributed by atoms with Crippen molar-refractivity contribution >= 4 is 33.7 Å². The molecule has 39 heavy (non-hydrogen) atoms. The highest BCUT2D eigenvalue weighted by Crippen LogP contribution is 2.34. The van der Waals surface area contributed by atoms with Gasteiger partial charge in [-0.2, -0.15) is 5.10 Å². The molecule has 0 spiro atoms. The molecule has 0 aliphatic heterocycles. The molecular weight excluding hydrogens is 566 g/mol. The highest BCUT2D eigenvalue weighted by Gasteiger charge is 2.39. The summed E-state index contributed by atoms with van der Waals surface area (Å²) < 4.78 is 11.9. The third-order valence-electron chi connectivity index (χ3n) is 5.88. The van der Waals surface area contributed by atoms with Crippen LogP contribution >= 0.6 is 15.9 Å². The van der Waals surface area contributed by atoms with Crippen molar-refractivity contribution in [2.75, 3.05) is 7.11 Å². The summed E-state index contributed by atoms with van der Waals surface area (Å²) in [6.07, 6.45) is 1.41. The number of aliphatic hydroxyl groups is 1. The van der Waals surface area contributed by atoms with Gasteiger partial charge in [0.2, 0.25) is 0 Å². The molecule has 4 rings (SSSR count). The number of benzene rings is 4. The summed E-state index contributed by atoms with van der Waals surface area (Å²) in [6.45, 7) is 0.0888. The SMILES string of the molecule is COc1cc(/C=N\NC(=O)C(O)(c2ccccc2)c2ccccc2)c(Br)cc1OCc1cccc([N+](=O)[O-])c1. The molecular formula is C29H24BrN3O6. The largest absolute Gasteiger partial charge is 0.493 e. The van der Waals surface area contributed by atoms with E-state index >= 15 is 0 Å². The Balaban J connectivity index is 1.52. The molecule has 2 N–H and O–H groups in total. The Bertz CT molecular complexity index is 1460. The molecule has 0 aliphatic rings. The molecule has 4 aromatic rings. The Labute approximate surface area is 233 Å². The quantitative estimate of drug-likeness (QED) is 0.146. The maximum atomic E-state index is 13.2. The number of nitro benzene ring substituents is 1. The minimum atomic E-state index is -1.96. The van der Waals surface area contributed by atoms with Gasteiger partial charge < -0.3 is 14.6 Å². The van der Waals surface area contributed by atoms with Crippen molar-refractivity contribution in [1.82, 2.24) is 5.43 Å². The number of halogens is 1. The zero-order chi connectivity index (χ0) is 27.8. The van der Waals surface area contributed by atoms with E-state index in [-0.39, 0.29) is 12.3 Å². The fourth-order valence-corrected chi connectivity index (χ4v) is 4.30. The minimum Gasteiger partial charge on any atom is -0.493 e. The first-order valence-electron chi connectivity index (χ1n) is 11.7. The number of nitrogens with zero attached hydrogens (tertiary/aromatic N) is 2. The smallest absolute Gasteiger partial charge is 0.281 e. The second-order valence-corrected chi connectivity index (χ2v) is 9.24. The number of methoxy groups -OCH3 is 1. The van der Waals surface area contributed by atoms with Gasteiger partial charge in [0.15, 0.2) is 17.1 Å². The van der Waals surface area contributed by atoms with Crippen LogP contribution in [-0.4, -0.2) is 29.3 Å². The summed E-state index contributed by atoms with van der Waals surface area (Å²) in [6, 6.07) is 26.7. The lowest BCUT2D eigenvalue weighted by Crippen LogP contribution is -2.43. The monoisotopic (exact) mass is 589 g/mol. The fraction of sp³-hybridized carbons (Fsp3) is 0.103. The first-order valence-corrected chi connectivity index (χ1v) is 12.5. The molecule has 0 atom stereocenters. The number of ether oxygens (including phenoxy) is 2. The topological polar surface area (TPSA) is 123 Å². The number of carbonyl (C=O) groups is 1. The second-order valence-electron chi connectivity index (χ2n) is 8.38.